The smallest absolute Gasteiger partial charge is 0.336 e. The highest BCUT2D eigenvalue weighted by molar-refractivity contribution is 5.81. The number of hydrogen-bond donors (Lipinski definition) is 1. The van der Waals surface area contributed by atoms with E-state index in [1.54, 1.807) is 6.07 Å². The zero-order valence-electron chi connectivity index (χ0n) is 13.8. The Morgan fingerprint density at radius 2 is 1.70 bits per heavy atom. The second kappa shape index (κ2) is 6.83. The van der Waals surface area contributed by atoms with Gasteiger partial charge in [-0.15, -0.1) is 0 Å². The van der Waals surface area contributed by atoms with Crippen LogP contribution in [0, 0.1) is 13.8 Å². The maximum atomic E-state index is 11.9. The summed E-state index contributed by atoms with van der Waals surface area (Å²) in [5.74, 6) is 0. The molecule has 0 saturated carbocycles. The van der Waals surface area contributed by atoms with Crippen molar-refractivity contribution in [2.24, 2.45) is 0 Å². The minimum absolute atomic E-state index is 0.211. The highest BCUT2D eigenvalue weighted by Gasteiger charge is 2.18. The van der Waals surface area contributed by atoms with Crippen LogP contribution in [0.4, 0.5) is 0 Å². The van der Waals surface area contributed by atoms with Crippen molar-refractivity contribution in [3.63, 3.8) is 0 Å². The lowest BCUT2D eigenvalue weighted by Gasteiger charge is -2.34. The summed E-state index contributed by atoms with van der Waals surface area (Å²) in [6.45, 7) is 9.64. The predicted molar refractivity (Wildman–Crippen MR) is 90.8 cm³/mol. The summed E-state index contributed by atoms with van der Waals surface area (Å²) in [5.41, 5.74) is 3.77. The Bertz CT molecular complexity index is 746. The third kappa shape index (κ3) is 3.63. The first kappa shape index (κ1) is 16.2. The molecule has 2 aromatic rings. The molecule has 0 radical (unpaired) electrons. The number of aliphatic hydroxyl groups excluding tert-OH is 1. The molecule has 0 unspecified atom stereocenters. The van der Waals surface area contributed by atoms with Crippen molar-refractivity contribution in [3.8, 4) is 0 Å². The van der Waals surface area contributed by atoms with Gasteiger partial charge in [-0.1, -0.05) is 0 Å². The van der Waals surface area contributed by atoms with Crippen LogP contribution in [0.25, 0.3) is 11.0 Å². The van der Waals surface area contributed by atoms with Crippen molar-refractivity contribution < 1.29 is 9.52 Å². The molecule has 0 aliphatic carbocycles. The molecule has 1 aromatic heterocycles. The molecule has 1 N–H and O–H groups in total. The second-order valence-corrected chi connectivity index (χ2v) is 6.36. The molecule has 0 bridgehead atoms. The number of rotatable bonds is 4. The van der Waals surface area contributed by atoms with Gasteiger partial charge in [-0.3, -0.25) is 9.80 Å². The lowest BCUT2D eigenvalue weighted by atomic mass is 10.0. The fourth-order valence-corrected chi connectivity index (χ4v) is 3.17. The maximum absolute atomic E-state index is 11.9. The molecular weight excluding hydrogens is 292 g/mol. The van der Waals surface area contributed by atoms with E-state index in [4.69, 9.17) is 9.52 Å². The van der Waals surface area contributed by atoms with Crippen LogP contribution in [0.1, 0.15) is 16.7 Å². The summed E-state index contributed by atoms with van der Waals surface area (Å²) in [6.07, 6.45) is 0. The zero-order valence-corrected chi connectivity index (χ0v) is 13.8. The summed E-state index contributed by atoms with van der Waals surface area (Å²) in [5, 5.41) is 10.0. The first-order valence-electron chi connectivity index (χ1n) is 8.16. The van der Waals surface area contributed by atoms with E-state index in [9.17, 15) is 4.79 Å². The normalized spacial score (nSPS) is 17.0. The molecule has 1 aliphatic rings. The van der Waals surface area contributed by atoms with Gasteiger partial charge in [0.25, 0.3) is 0 Å². The molecule has 3 rings (SSSR count). The number of hydrogen-bond acceptors (Lipinski definition) is 5. The topological polar surface area (TPSA) is 56.9 Å². The fraction of sp³-hybridized carbons (Fsp3) is 0.500. The van der Waals surface area contributed by atoms with Gasteiger partial charge in [-0.2, -0.15) is 0 Å². The van der Waals surface area contributed by atoms with Gasteiger partial charge in [0.05, 0.1) is 6.61 Å². The molecule has 0 amide bonds. The number of benzene rings is 1. The Morgan fingerprint density at radius 3 is 2.39 bits per heavy atom. The first-order chi connectivity index (χ1) is 11.1. The molecule has 1 fully saturated rings. The Hall–Kier alpha value is -1.69. The SMILES string of the molecule is Cc1cc2oc(=O)cc(CN3CCN(CCO)CC3)c2cc1C. The number of nitrogens with zero attached hydrogens (tertiary/aromatic N) is 2. The van der Waals surface area contributed by atoms with Crippen LogP contribution < -0.4 is 5.63 Å². The van der Waals surface area contributed by atoms with Gasteiger partial charge in [-0.05, 0) is 42.7 Å². The molecule has 1 saturated heterocycles. The summed E-state index contributed by atoms with van der Waals surface area (Å²) < 4.78 is 5.37. The van der Waals surface area contributed by atoms with Gasteiger partial charge in [-0.25, -0.2) is 4.79 Å². The Labute approximate surface area is 136 Å². The van der Waals surface area contributed by atoms with Crippen LogP contribution in [0.15, 0.2) is 27.4 Å². The average Bonchev–Trinajstić information content (AvgIpc) is 2.51. The molecule has 5 heteroatoms. The third-order valence-electron chi connectivity index (χ3n) is 4.72. The van der Waals surface area contributed by atoms with E-state index in [2.05, 4.69) is 22.8 Å². The van der Waals surface area contributed by atoms with Crippen molar-refractivity contribution in [2.75, 3.05) is 39.3 Å². The quantitative estimate of drug-likeness (QED) is 0.867. The van der Waals surface area contributed by atoms with Crippen molar-refractivity contribution in [1.82, 2.24) is 9.80 Å². The largest absolute Gasteiger partial charge is 0.423 e. The van der Waals surface area contributed by atoms with E-state index in [0.717, 1.165) is 55.8 Å². The number of fused-ring (bicyclic) bond motifs is 1. The van der Waals surface area contributed by atoms with Crippen molar-refractivity contribution in [2.45, 2.75) is 20.4 Å². The van der Waals surface area contributed by atoms with Crippen molar-refractivity contribution >= 4 is 11.0 Å². The lowest BCUT2D eigenvalue weighted by Crippen LogP contribution is -2.46. The Morgan fingerprint density at radius 1 is 1.04 bits per heavy atom. The van der Waals surface area contributed by atoms with E-state index >= 15 is 0 Å². The van der Waals surface area contributed by atoms with Gasteiger partial charge in [0.2, 0.25) is 0 Å². The molecule has 2 heterocycles. The summed E-state index contributed by atoms with van der Waals surface area (Å²) in [4.78, 5) is 16.5. The number of aliphatic hydroxyl groups is 1. The number of piperazine rings is 1. The number of aryl methyl sites for hydroxylation is 2. The molecule has 124 valence electrons. The van der Waals surface area contributed by atoms with Crippen LogP contribution in [0.5, 0.6) is 0 Å². The first-order valence-corrected chi connectivity index (χ1v) is 8.16. The van der Waals surface area contributed by atoms with Gasteiger partial charge in [0.15, 0.2) is 0 Å². The van der Waals surface area contributed by atoms with E-state index in [0.29, 0.717) is 5.58 Å². The van der Waals surface area contributed by atoms with Crippen LogP contribution >= 0.6 is 0 Å². The maximum Gasteiger partial charge on any atom is 0.336 e. The monoisotopic (exact) mass is 316 g/mol. The van der Waals surface area contributed by atoms with Crippen LogP contribution in [0.2, 0.25) is 0 Å². The molecular formula is C18H24N2O3. The van der Waals surface area contributed by atoms with Crippen molar-refractivity contribution in [1.29, 1.82) is 0 Å². The zero-order chi connectivity index (χ0) is 16.4. The summed E-state index contributed by atoms with van der Waals surface area (Å²) in [7, 11) is 0. The highest BCUT2D eigenvalue weighted by Crippen LogP contribution is 2.23. The van der Waals surface area contributed by atoms with Gasteiger partial charge >= 0.3 is 5.63 Å². The Balaban J connectivity index is 1.83. The van der Waals surface area contributed by atoms with E-state index in [-0.39, 0.29) is 12.2 Å². The molecule has 23 heavy (non-hydrogen) atoms. The highest BCUT2D eigenvalue weighted by atomic mass is 16.4. The predicted octanol–water partition coefficient (Wildman–Crippen LogP) is 1.52. The van der Waals surface area contributed by atoms with E-state index in [1.807, 2.05) is 13.0 Å². The van der Waals surface area contributed by atoms with Crippen LogP contribution in [-0.2, 0) is 6.54 Å². The van der Waals surface area contributed by atoms with Gasteiger partial charge < -0.3 is 9.52 Å². The van der Waals surface area contributed by atoms with E-state index in [1.165, 1.54) is 5.56 Å². The third-order valence-corrected chi connectivity index (χ3v) is 4.72. The van der Waals surface area contributed by atoms with Crippen molar-refractivity contribution in [3.05, 3.63) is 45.3 Å². The summed E-state index contributed by atoms with van der Waals surface area (Å²) in [6, 6.07) is 5.69. The molecule has 1 aliphatic heterocycles. The van der Waals surface area contributed by atoms with Gasteiger partial charge in [0, 0.05) is 50.7 Å². The second-order valence-electron chi connectivity index (χ2n) is 6.36. The molecule has 0 atom stereocenters. The lowest BCUT2D eigenvalue weighted by molar-refractivity contribution is 0.108. The van der Waals surface area contributed by atoms with E-state index < -0.39 is 0 Å². The van der Waals surface area contributed by atoms with Crippen LogP contribution in [-0.4, -0.2) is 54.2 Å². The standard InChI is InChI=1S/C18H24N2O3/c1-13-9-16-15(11-18(22)23-17(16)10-14(13)2)12-20-5-3-19(4-6-20)7-8-21/h9-11,21H,3-8,12H2,1-2H3. The molecule has 5 nitrogen and oxygen atoms in total. The number of β-amino-alcohol motifs (C(OH)–C–C–N with tert-alkyl or cyclic N) is 1. The van der Waals surface area contributed by atoms with Gasteiger partial charge in [0.1, 0.15) is 5.58 Å². The summed E-state index contributed by atoms with van der Waals surface area (Å²) >= 11 is 0. The average molecular weight is 316 g/mol. The van der Waals surface area contributed by atoms with Crippen LogP contribution in [0.3, 0.4) is 0 Å². The fourth-order valence-electron chi connectivity index (χ4n) is 3.17. The molecule has 0 spiro atoms. The minimum atomic E-state index is -0.283. The molecule has 1 aromatic carbocycles. The Kier molecular flexibility index (Phi) is 4.80. The minimum Gasteiger partial charge on any atom is -0.423 e.